The highest BCUT2D eigenvalue weighted by molar-refractivity contribution is 6.05. The first-order chi connectivity index (χ1) is 16.0. The van der Waals surface area contributed by atoms with Crippen molar-refractivity contribution >= 4 is 11.6 Å². The van der Waals surface area contributed by atoms with E-state index < -0.39 is 0 Å². The number of aryl methyl sites for hydroxylation is 1. The topological polar surface area (TPSA) is 56.2 Å². The zero-order valence-electron chi connectivity index (χ0n) is 18.1. The number of nitrogens with zero attached hydrogens (tertiary/aromatic N) is 2. The molecule has 4 rings (SSSR count). The number of nitrogens with one attached hydrogen (secondary N) is 1. The smallest absolute Gasteiger partial charge is 0.262 e. The Morgan fingerprint density at radius 2 is 1.61 bits per heavy atom. The van der Waals surface area contributed by atoms with Gasteiger partial charge in [0.2, 0.25) is 5.88 Å². The van der Waals surface area contributed by atoms with E-state index in [1.54, 1.807) is 30.5 Å². The van der Waals surface area contributed by atoms with Gasteiger partial charge in [-0.1, -0.05) is 43.3 Å². The highest BCUT2D eigenvalue weighted by Gasteiger charge is 2.19. The second-order valence-electron chi connectivity index (χ2n) is 7.60. The van der Waals surface area contributed by atoms with Gasteiger partial charge in [-0.05, 0) is 59.5 Å². The van der Waals surface area contributed by atoms with Gasteiger partial charge in [0.15, 0.2) is 0 Å². The number of hydrogen-bond acceptors (Lipinski definition) is 3. The molecule has 0 aliphatic carbocycles. The molecule has 0 bridgehead atoms. The Kier molecular flexibility index (Phi) is 6.78. The lowest BCUT2D eigenvalue weighted by Gasteiger charge is -2.08. The van der Waals surface area contributed by atoms with Gasteiger partial charge in [-0.3, -0.25) is 9.48 Å². The van der Waals surface area contributed by atoms with Crippen LogP contribution >= 0.6 is 0 Å². The van der Waals surface area contributed by atoms with E-state index in [1.807, 2.05) is 24.3 Å². The summed E-state index contributed by atoms with van der Waals surface area (Å²) in [5.74, 6) is -1.01. The van der Waals surface area contributed by atoms with E-state index in [4.69, 9.17) is 4.74 Å². The number of amides is 1. The van der Waals surface area contributed by atoms with E-state index in [2.05, 4.69) is 17.3 Å². The number of benzene rings is 3. The number of hydrogen-bond donors (Lipinski definition) is 1. The van der Waals surface area contributed by atoms with Crippen molar-refractivity contribution in [1.82, 2.24) is 9.78 Å². The highest BCUT2D eigenvalue weighted by atomic mass is 19.1. The standard InChI is InChI=1S/C26H23F2N3O2/c1-2-18-9-11-23(12-10-18)29-25(32)24-16-31(15-19-5-3-7-21(27)13-19)30-26(24)33-17-20-6-4-8-22(28)14-20/h3-14,16H,2,15,17H2,1H3,(H,29,32). The molecule has 1 aromatic heterocycles. The summed E-state index contributed by atoms with van der Waals surface area (Å²) in [5.41, 5.74) is 3.33. The van der Waals surface area contributed by atoms with Crippen LogP contribution in [0.5, 0.6) is 5.88 Å². The third-order valence-electron chi connectivity index (χ3n) is 5.09. The van der Waals surface area contributed by atoms with Crippen LogP contribution in [0.4, 0.5) is 14.5 Å². The minimum Gasteiger partial charge on any atom is -0.471 e. The average molecular weight is 447 g/mol. The summed E-state index contributed by atoms with van der Waals surface area (Å²) in [5, 5.41) is 7.23. The normalized spacial score (nSPS) is 10.8. The Hall–Kier alpha value is -4.00. The summed E-state index contributed by atoms with van der Waals surface area (Å²) in [6, 6.07) is 19.7. The number of aromatic nitrogens is 2. The largest absolute Gasteiger partial charge is 0.471 e. The fourth-order valence-corrected chi connectivity index (χ4v) is 3.37. The number of ether oxygens (including phenoxy) is 1. The molecule has 1 N–H and O–H groups in total. The van der Waals surface area contributed by atoms with Gasteiger partial charge < -0.3 is 10.1 Å². The van der Waals surface area contributed by atoms with Crippen molar-refractivity contribution in [2.24, 2.45) is 0 Å². The first-order valence-electron chi connectivity index (χ1n) is 10.6. The Morgan fingerprint density at radius 3 is 2.27 bits per heavy atom. The van der Waals surface area contributed by atoms with E-state index in [9.17, 15) is 13.6 Å². The quantitative estimate of drug-likeness (QED) is 0.382. The third-order valence-corrected chi connectivity index (χ3v) is 5.09. The minimum absolute atomic E-state index is 0.0419. The SMILES string of the molecule is CCc1ccc(NC(=O)c2cn(Cc3cccc(F)c3)nc2OCc2cccc(F)c2)cc1. The molecule has 3 aromatic carbocycles. The molecule has 0 atom stereocenters. The fraction of sp³-hybridized carbons (Fsp3) is 0.154. The van der Waals surface area contributed by atoms with Gasteiger partial charge in [0.05, 0.1) is 6.54 Å². The van der Waals surface area contributed by atoms with E-state index in [-0.39, 0.29) is 42.1 Å². The zero-order valence-corrected chi connectivity index (χ0v) is 18.1. The van der Waals surface area contributed by atoms with Gasteiger partial charge in [0, 0.05) is 11.9 Å². The summed E-state index contributed by atoms with van der Waals surface area (Å²) in [4.78, 5) is 13.0. The fourth-order valence-electron chi connectivity index (χ4n) is 3.37. The molecule has 0 saturated carbocycles. The van der Waals surface area contributed by atoms with Crippen LogP contribution in [0, 0.1) is 11.6 Å². The summed E-state index contributed by atoms with van der Waals surface area (Å²) in [6.07, 6.45) is 2.46. The van der Waals surface area contributed by atoms with Crippen molar-refractivity contribution in [2.45, 2.75) is 26.5 Å². The summed E-state index contributed by atoms with van der Waals surface area (Å²) >= 11 is 0. The molecule has 168 valence electrons. The van der Waals surface area contributed by atoms with Crippen LogP contribution < -0.4 is 10.1 Å². The first kappa shape index (κ1) is 22.2. The highest BCUT2D eigenvalue weighted by Crippen LogP contribution is 2.21. The minimum atomic E-state index is -0.390. The molecule has 0 spiro atoms. The molecule has 5 nitrogen and oxygen atoms in total. The number of rotatable bonds is 8. The molecule has 0 fully saturated rings. The van der Waals surface area contributed by atoms with Crippen molar-refractivity contribution in [2.75, 3.05) is 5.32 Å². The maximum atomic E-state index is 13.6. The van der Waals surface area contributed by atoms with Crippen LogP contribution in [-0.4, -0.2) is 15.7 Å². The summed E-state index contributed by atoms with van der Waals surface area (Å²) in [7, 11) is 0. The van der Waals surface area contributed by atoms with Crippen molar-refractivity contribution in [3.05, 3.63) is 113 Å². The molecule has 7 heteroatoms. The van der Waals surface area contributed by atoms with Crippen molar-refractivity contribution in [3.63, 3.8) is 0 Å². The lowest BCUT2D eigenvalue weighted by atomic mass is 10.1. The molecule has 0 unspecified atom stereocenters. The maximum absolute atomic E-state index is 13.6. The van der Waals surface area contributed by atoms with Crippen molar-refractivity contribution < 1.29 is 18.3 Å². The molecule has 1 heterocycles. The molecule has 0 saturated heterocycles. The van der Waals surface area contributed by atoms with Crippen LogP contribution in [0.1, 0.15) is 34.0 Å². The predicted octanol–water partition coefficient (Wildman–Crippen LogP) is 5.60. The number of halogens is 2. The molecular formula is C26H23F2N3O2. The van der Waals surface area contributed by atoms with Crippen LogP contribution in [0.3, 0.4) is 0 Å². The Bertz CT molecular complexity index is 1250. The average Bonchev–Trinajstić information content (AvgIpc) is 3.21. The summed E-state index contributed by atoms with van der Waals surface area (Å²) in [6.45, 7) is 2.36. The molecule has 1 amide bonds. The Labute approximate surface area is 190 Å². The second-order valence-corrected chi connectivity index (χ2v) is 7.60. The number of carbonyl (C=O) groups is 1. The molecular weight excluding hydrogens is 424 g/mol. The van der Waals surface area contributed by atoms with E-state index in [0.29, 0.717) is 16.8 Å². The van der Waals surface area contributed by atoms with E-state index >= 15 is 0 Å². The Morgan fingerprint density at radius 1 is 0.939 bits per heavy atom. The molecule has 0 aliphatic heterocycles. The number of anilines is 1. The maximum Gasteiger partial charge on any atom is 0.262 e. The molecule has 4 aromatic rings. The monoisotopic (exact) mass is 447 g/mol. The van der Waals surface area contributed by atoms with Crippen molar-refractivity contribution in [1.29, 1.82) is 0 Å². The van der Waals surface area contributed by atoms with Gasteiger partial charge in [-0.15, -0.1) is 5.10 Å². The van der Waals surface area contributed by atoms with Gasteiger partial charge in [0.1, 0.15) is 23.8 Å². The van der Waals surface area contributed by atoms with Crippen LogP contribution in [-0.2, 0) is 19.6 Å². The van der Waals surface area contributed by atoms with Crippen LogP contribution in [0.2, 0.25) is 0 Å². The lowest BCUT2D eigenvalue weighted by molar-refractivity contribution is 0.102. The van der Waals surface area contributed by atoms with Crippen molar-refractivity contribution in [3.8, 4) is 5.88 Å². The molecule has 33 heavy (non-hydrogen) atoms. The Balaban J connectivity index is 1.57. The van der Waals surface area contributed by atoms with Crippen LogP contribution in [0.15, 0.2) is 79.0 Å². The second kappa shape index (κ2) is 10.1. The van der Waals surface area contributed by atoms with Crippen LogP contribution in [0.25, 0.3) is 0 Å². The lowest BCUT2D eigenvalue weighted by Crippen LogP contribution is -2.13. The van der Waals surface area contributed by atoms with Gasteiger partial charge >= 0.3 is 0 Å². The zero-order chi connectivity index (χ0) is 23.2. The van der Waals surface area contributed by atoms with Gasteiger partial charge in [0.25, 0.3) is 5.91 Å². The predicted molar refractivity (Wildman–Crippen MR) is 122 cm³/mol. The first-order valence-corrected chi connectivity index (χ1v) is 10.6. The summed E-state index contributed by atoms with van der Waals surface area (Å²) < 4.78 is 34.4. The van der Waals surface area contributed by atoms with E-state index in [0.717, 1.165) is 12.0 Å². The van der Waals surface area contributed by atoms with Gasteiger partial charge in [-0.2, -0.15) is 0 Å². The van der Waals surface area contributed by atoms with Gasteiger partial charge in [-0.25, -0.2) is 8.78 Å². The molecule has 0 radical (unpaired) electrons. The molecule has 0 aliphatic rings. The van der Waals surface area contributed by atoms with E-state index in [1.165, 1.54) is 28.9 Å². The number of carbonyl (C=O) groups excluding carboxylic acids is 1. The third kappa shape index (κ3) is 5.83.